The minimum Gasteiger partial charge on any atom is -0.389 e. The van der Waals surface area contributed by atoms with Gasteiger partial charge in [0.25, 0.3) is 5.91 Å². The molecule has 2 amide bonds. The van der Waals surface area contributed by atoms with E-state index in [9.17, 15) is 9.59 Å². The fourth-order valence-corrected chi connectivity index (χ4v) is 4.63. The number of anilines is 1. The van der Waals surface area contributed by atoms with E-state index in [-0.39, 0.29) is 10.7 Å². The largest absolute Gasteiger partial charge is 0.389 e. The molecule has 0 bridgehead atoms. The molecule has 11 heteroatoms. The first-order valence-electron chi connectivity index (χ1n) is 10.3. The number of nitrogens with two attached hydrogens (primary N) is 3. The van der Waals surface area contributed by atoms with Crippen LogP contribution in [0.5, 0.6) is 0 Å². The number of likely N-dealkylation sites (tertiary alicyclic amines) is 1. The fraction of sp³-hybridized carbons (Fsp3) is 0.381. The summed E-state index contributed by atoms with van der Waals surface area (Å²) in [6.07, 6.45) is 3.02. The molecule has 3 rings (SSSR count). The number of benzene rings is 1. The van der Waals surface area contributed by atoms with Crippen molar-refractivity contribution in [2.45, 2.75) is 18.9 Å². The number of thiazole rings is 1. The predicted molar refractivity (Wildman–Crippen MR) is 127 cm³/mol. The smallest absolute Gasteiger partial charge is 0.273 e. The third-order valence-corrected chi connectivity index (χ3v) is 6.44. The number of hydrogen-bond acceptors (Lipinski definition) is 8. The minimum atomic E-state index is -0.718. The fourth-order valence-electron chi connectivity index (χ4n) is 3.76. The molecular weight excluding hydrogens is 428 g/mol. The van der Waals surface area contributed by atoms with Crippen molar-refractivity contribution < 1.29 is 9.59 Å². The lowest BCUT2D eigenvalue weighted by molar-refractivity contribution is 0.0948. The van der Waals surface area contributed by atoms with Gasteiger partial charge >= 0.3 is 0 Å². The maximum absolute atomic E-state index is 13.0. The Balaban J connectivity index is 1.79. The molecular formula is C21H28N8O2S. The number of rotatable bonds is 7. The van der Waals surface area contributed by atoms with E-state index in [4.69, 9.17) is 22.6 Å². The summed E-state index contributed by atoms with van der Waals surface area (Å²) in [4.78, 5) is 35.5. The number of carbonyl (C=O) groups excluding carboxylic acids is 2. The Labute approximate surface area is 190 Å². The van der Waals surface area contributed by atoms with Crippen LogP contribution in [0.1, 0.15) is 33.7 Å². The number of amides is 2. The summed E-state index contributed by atoms with van der Waals surface area (Å²) >= 11 is 1.10. The molecule has 1 aliphatic rings. The maximum Gasteiger partial charge on any atom is 0.273 e. The second kappa shape index (κ2) is 10.3. The summed E-state index contributed by atoms with van der Waals surface area (Å²) in [6.45, 7) is 2.19. The normalized spacial score (nSPS) is 15.9. The standard InChI is InChI=1S/C21H28N8O2S/c1-26-19(29-8-6-12(10-22)7-9-29)15(11-23)27-20(31)16-18(25)32-21(28-16)14-5-3-2-4-13(14)17(24)30/h2-5,11-12,15,23H,6-10,22,25H2,1H3,(H2,24,30)(H,27,31). The zero-order valence-electron chi connectivity index (χ0n) is 17.9. The third kappa shape index (κ3) is 4.94. The Morgan fingerprint density at radius 1 is 1.38 bits per heavy atom. The minimum absolute atomic E-state index is 0.0356. The Hall–Kier alpha value is -3.31. The van der Waals surface area contributed by atoms with Gasteiger partial charge in [-0.3, -0.25) is 14.6 Å². The lowest BCUT2D eigenvalue weighted by atomic mass is 9.96. The van der Waals surface area contributed by atoms with Gasteiger partial charge in [0.05, 0.1) is 0 Å². The third-order valence-electron chi connectivity index (χ3n) is 5.52. The van der Waals surface area contributed by atoms with Gasteiger partial charge in [-0.1, -0.05) is 29.5 Å². The first kappa shape index (κ1) is 23.4. The molecule has 10 nitrogen and oxygen atoms in total. The second-order valence-corrected chi connectivity index (χ2v) is 8.54. The van der Waals surface area contributed by atoms with Crippen molar-refractivity contribution in [2.75, 3.05) is 32.4 Å². The Morgan fingerprint density at radius 2 is 2.06 bits per heavy atom. The molecule has 1 saturated heterocycles. The van der Waals surface area contributed by atoms with Crippen molar-refractivity contribution in [1.82, 2.24) is 15.2 Å². The molecule has 0 spiro atoms. The van der Waals surface area contributed by atoms with Crippen molar-refractivity contribution in [3.63, 3.8) is 0 Å². The zero-order chi connectivity index (χ0) is 23.3. The van der Waals surface area contributed by atoms with Crippen LogP contribution in [0.4, 0.5) is 5.00 Å². The SMILES string of the molecule is CN=C(C(C=N)NC(=O)c1nc(-c2ccccc2C(N)=O)sc1N)N1CCC(CN)CC1. The lowest BCUT2D eigenvalue weighted by Crippen LogP contribution is -2.52. The van der Waals surface area contributed by atoms with E-state index >= 15 is 0 Å². The van der Waals surface area contributed by atoms with Gasteiger partial charge in [-0.05, 0) is 31.4 Å². The van der Waals surface area contributed by atoms with Gasteiger partial charge < -0.3 is 32.8 Å². The molecule has 170 valence electrons. The highest BCUT2D eigenvalue weighted by atomic mass is 32.1. The molecule has 2 aromatic rings. The van der Waals surface area contributed by atoms with E-state index in [0.717, 1.165) is 43.5 Å². The van der Waals surface area contributed by atoms with Gasteiger partial charge in [-0.15, -0.1) is 0 Å². The quantitative estimate of drug-likeness (QED) is 0.306. The molecule has 1 aliphatic heterocycles. The summed E-state index contributed by atoms with van der Waals surface area (Å²) in [7, 11) is 1.64. The summed E-state index contributed by atoms with van der Waals surface area (Å²) in [6, 6.07) is 6.03. The number of nitrogens with one attached hydrogen (secondary N) is 2. The van der Waals surface area contributed by atoms with E-state index in [2.05, 4.69) is 20.2 Å². The van der Waals surface area contributed by atoms with E-state index in [1.165, 1.54) is 0 Å². The van der Waals surface area contributed by atoms with Crippen molar-refractivity contribution >= 4 is 40.2 Å². The Kier molecular flexibility index (Phi) is 7.54. The summed E-state index contributed by atoms with van der Waals surface area (Å²) in [5.41, 5.74) is 18.1. The van der Waals surface area contributed by atoms with E-state index in [0.29, 0.717) is 34.4 Å². The van der Waals surface area contributed by atoms with Crippen molar-refractivity contribution in [3.8, 4) is 10.6 Å². The monoisotopic (exact) mass is 456 g/mol. The molecule has 0 radical (unpaired) electrons. The van der Waals surface area contributed by atoms with Gasteiger partial charge in [0.2, 0.25) is 5.91 Å². The van der Waals surface area contributed by atoms with Crippen LogP contribution in [0, 0.1) is 11.3 Å². The molecule has 1 aromatic carbocycles. The molecule has 2 heterocycles. The predicted octanol–water partition coefficient (Wildman–Crippen LogP) is 0.938. The highest BCUT2D eigenvalue weighted by Gasteiger charge is 2.28. The summed E-state index contributed by atoms with van der Waals surface area (Å²) < 4.78 is 0. The number of aliphatic imine (C=N–C) groups is 1. The van der Waals surface area contributed by atoms with Crippen LogP contribution in [0.15, 0.2) is 29.3 Å². The molecule has 1 aromatic heterocycles. The van der Waals surface area contributed by atoms with Crippen LogP contribution in [0.2, 0.25) is 0 Å². The molecule has 0 saturated carbocycles. The highest BCUT2D eigenvalue weighted by Crippen LogP contribution is 2.32. The average Bonchev–Trinajstić information content (AvgIpc) is 3.20. The summed E-state index contributed by atoms with van der Waals surface area (Å²) in [5, 5.41) is 11.3. The average molecular weight is 457 g/mol. The van der Waals surface area contributed by atoms with Crippen LogP contribution in [-0.4, -0.2) is 66.5 Å². The molecule has 1 atom stereocenters. The van der Waals surface area contributed by atoms with Gasteiger partial charge in [0.1, 0.15) is 21.9 Å². The lowest BCUT2D eigenvalue weighted by Gasteiger charge is -2.35. The van der Waals surface area contributed by atoms with Crippen molar-refractivity contribution in [2.24, 2.45) is 22.4 Å². The molecule has 1 unspecified atom stereocenters. The number of primary amides is 1. The number of amidine groups is 1. The van der Waals surface area contributed by atoms with Crippen LogP contribution >= 0.6 is 11.3 Å². The number of piperidine rings is 1. The van der Waals surface area contributed by atoms with E-state index in [1.807, 2.05) is 0 Å². The van der Waals surface area contributed by atoms with Gasteiger partial charge in [0, 0.05) is 37.5 Å². The first-order valence-corrected chi connectivity index (χ1v) is 11.1. The highest BCUT2D eigenvalue weighted by molar-refractivity contribution is 7.19. The first-order chi connectivity index (χ1) is 15.4. The van der Waals surface area contributed by atoms with Crippen molar-refractivity contribution in [3.05, 3.63) is 35.5 Å². The van der Waals surface area contributed by atoms with Crippen LogP contribution in [0.25, 0.3) is 10.6 Å². The number of nitrogens with zero attached hydrogens (tertiary/aromatic N) is 3. The van der Waals surface area contributed by atoms with Crippen molar-refractivity contribution in [1.29, 1.82) is 5.41 Å². The Bertz CT molecular complexity index is 1030. The van der Waals surface area contributed by atoms with Crippen LogP contribution in [0.3, 0.4) is 0 Å². The molecule has 0 aliphatic carbocycles. The molecule has 8 N–H and O–H groups in total. The maximum atomic E-state index is 13.0. The number of aromatic nitrogens is 1. The zero-order valence-corrected chi connectivity index (χ0v) is 18.7. The summed E-state index contributed by atoms with van der Waals surface area (Å²) in [5.74, 6) is -0.0229. The van der Waals surface area contributed by atoms with Gasteiger partial charge in [-0.2, -0.15) is 0 Å². The van der Waals surface area contributed by atoms with Gasteiger partial charge in [-0.25, -0.2) is 4.98 Å². The number of nitrogen functional groups attached to an aromatic ring is 1. The number of hydrogen-bond donors (Lipinski definition) is 5. The molecule has 1 fully saturated rings. The van der Waals surface area contributed by atoms with Crippen LogP contribution < -0.4 is 22.5 Å². The molecule has 32 heavy (non-hydrogen) atoms. The van der Waals surface area contributed by atoms with E-state index in [1.54, 1.807) is 31.3 Å². The Morgan fingerprint density at radius 3 is 2.66 bits per heavy atom. The number of carbonyl (C=O) groups is 2. The topological polar surface area (TPSA) is 177 Å². The van der Waals surface area contributed by atoms with Crippen LogP contribution in [-0.2, 0) is 0 Å². The van der Waals surface area contributed by atoms with Gasteiger partial charge in [0.15, 0.2) is 5.69 Å². The second-order valence-electron chi connectivity index (χ2n) is 7.51. The van der Waals surface area contributed by atoms with E-state index < -0.39 is 17.9 Å².